The summed E-state index contributed by atoms with van der Waals surface area (Å²) in [6.45, 7) is 5.37. The number of amidine groups is 1. The Balaban J connectivity index is 1.10. The van der Waals surface area contributed by atoms with Gasteiger partial charge in [0.2, 0.25) is 0 Å². The number of hydrogen-bond donors (Lipinski definition) is 1. The molecule has 1 spiro atoms. The van der Waals surface area contributed by atoms with Crippen molar-refractivity contribution in [1.82, 2.24) is 9.80 Å². The number of allylic oxidation sites excluding steroid dienone is 2. The van der Waals surface area contributed by atoms with Gasteiger partial charge < -0.3 is 24.5 Å². The summed E-state index contributed by atoms with van der Waals surface area (Å²) < 4.78 is 32.9. The molecular formula is C28H34F2N4O4. The van der Waals surface area contributed by atoms with Crippen molar-refractivity contribution < 1.29 is 28.3 Å². The van der Waals surface area contributed by atoms with Crippen LogP contribution in [-0.4, -0.2) is 71.5 Å². The quantitative estimate of drug-likeness (QED) is 0.581. The summed E-state index contributed by atoms with van der Waals surface area (Å²) in [6, 6.07) is 4.14. The van der Waals surface area contributed by atoms with E-state index in [9.17, 15) is 18.7 Å². The van der Waals surface area contributed by atoms with E-state index >= 15 is 0 Å². The van der Waals surface area contributed by atoms with E-state index in [1.807, 2.05) is 13.0 Å². The van der Waals surface area contributed by atoms with Crippen LogP contribution in [0.25, 0.3) is 0 Å². The summed E-state index contributed by atoms with van der Waals surface area (Å²) in [5, 5.41) is 13.9. The van der Waals surface area contributed by atoms with Crippen LogP contribution in [-0.2, 0) is 16.2 Å². The molecular weight excluding hydrogens is 494 g/mol. The molecule has 38 heavy (non-hydrogen) atoms. The minimum absolute atomic E-state index is 0.329. The number of carboxylic acids is 1. The zero-order valence-electron chi connectivity index (χ0n) is 21.8. The van der Waals surface area contributed by atoms with Crippen molar-refractivity contribution in [2.24, 2.45) is 10.6 Å². The highest BCUT2D eigenvalue weighted by Gasteiger charge is 2.51. The standard InChI is InChI=1S/C28H34F2N4O4/c1-26(25(35)36)5-9-34(10-6-26)24-15-27(38-31-24)17-32(18-27)16-20-13-21(19-3-4-19)22(14-23(20)37-2)33-11-7-28(29,30)8-12-33/h7-8,11-14,19H,3-6,9-10,15-18H2,1-2H3,(H,35,36). The number of halogens is 2. The largest absolute Gasteiger partial charge is 0.496 e. The van der Waals surface area contributed by atoms with Gasteiger partial charge in [0.05, 0.1) is 24.6 Å². The van der Waals surface area contributed by atoms with Crippen molar-refractivity contribution >= 4 is 17.5 Å². The molecule has 0 unspecified atom stereocenters. The predicted molar refractivity (Wildman–Crippen MR) is 138 cm³/mol. The Morgan fingerprint density at radius 1 is 1.18 bits per heavy atom. The zero-order valence-corrected chi connectivity index (χ0v) is 21.8. The molecule has 5 aliphatic rings. The number of piperidine rings is 1. The monoisotopic (exact) mass is 528 g/mol. The van der Waals surface area contributed by atoms with E-state index in [4.69, 9.17) is 9.57 Å². The lowest BCUT2D eigenvalue weighted by Gasteiger charge is -2.46. The Kier molecular flexibility index (Phi) is 5.93. The molecule has 8 nitrogen and oxygen atoms in total. The average molecular weight is 529 g/mol. The number of methoxy groups -OCH3 is 1. The van der Waals surface area contributed by atoms with Crippen LogP contribution >= 0.6 is 0 Å². The van der Waals surface area contributed by atoms with Crippen molar-refractivity contribution in [2.75, 3.05) is 38.2 Å². The minimum atomic E-state index is -2.92. The van der Waals surface area contributed by atoms with E-state index in [0.29, 0.717) is 38.4 Å². The fourth-order valence-electron chi connectivity index (χ4n) is 5.95. The van der Waals surface area contributed by atoms with E-state index in [2.05, 4.69) is 21.0 Å². The molecule has 10 heteroatoms. The number of likely N-dealkylation sites (tertiary alicyclic amines) is 2. The Morgan fingerprint density at radius 2 is 1.87 bits per heavy atom. The molecule has 0 radical (unpaired) electrons. The highest BCUT2D eigenvalue weighted by atomic mass is 19.3. The summed E-state index contributed by atoms with van der Waals surface area (Å²) in [5.74, 6) is -1.56. The molecule has 4 heterocycles. The average Bonchev–Trinajstić information content (AvgIpc) is 3.62. The van der Waals surface area contributed by atoms with Crippen molar-refractivity contribution in [2.45, 2.75) is 63.0 Å². The Bertz CT molecular complexity index is 1200. The number of nitrogens with zero attached hydrogens (tertiary/aromatic N) is 4. The summed E-state index contributed by atoms with van der Waals surface area (Å²) >= 11 is 0. The number of benzene rings is 1. The number of oxime groups is 1. The molecule has 1 aliphatic carbocycles. The third kappa shape index (κ3) is 4.63. The first-order valence-electron chi connectivity index (χ1n) is 13.3. The van der Waals surface area contributed by atoms with Crippen LogP contribution in [0.4, 0.5) is 14.5 Å². The highest BCUT2D eigenvalue weighted by Crippen LogP contribution is 2.48. The number of aliphatic carboxylic acids is 1. The van der Waals surface area contributed by atoms with Gasteiger partial charge in [-0.15, -0.1) is 0 Å². The van der Waals surface area contributed by atoms with Crippen molar-refractivity contribution in [3.05, 3.63) is 47.8 Å². The van der Waals surface area contributed by atoms with E-state index in [-0.39, 0.29) is 5.60 Å². The third-order valence-electron chi connectivity index (χ3n) is 8.63. The van der Waals surface area contributed by atoms with Crippen molar-refractivity contribution in [3.63, 3.8) is 0 Å². The summed E-state index contributed by atoms with van der Waals surface area (Å²) in [7, 11) is 1.64. The maximum atomic E-state index is 13.6. The van der Waals surface area contributed by atoms with Gasteiger partial charge >= 0.3 is 5.97 Å². The SMILES string of the molecule is COc1cc(N2C=CC(F)(F)C=C2)c(C2CC2)cc1CN1CC2(CC(N3CCC(C)(C(=O)O)CC3)=NO2)C1. The molecule has 1 aromatic carbocycles. The van der Waals surface area contributed by atoms with Gasteiger partial charge in [0, 0.05) is 68.9 Å². The summed E-state index contributed by atoms with van der Waals surface area (Å²) in [5.41, 5.74) is 2.13. The number of rotatable bonds is 6. The second-order valence-corrected chi connectivity index (χ2v) is 11.7. The second kappa shape index (κ2) is 8.97. The molecule has 0 amide bonds. The Hall–Kier alpha value is -3.14. The van der Waals surface area contributed by atoms with Crippen LogP contribution < -0.4 is 9.64 Å². The molecule has 4 aliphatic heterocycles. The van der Waals surface area contributed by atoms with E-state index in [1.54, 1.807) is 12.0 Å². The fourth-order valence-corrected chi connectivity index (χ4v) is 5.95. The lowest BCUT2D eigenvalue weighted by atomic mass is 9.80. The van der Waals surface area contributed by atoms with Gasteiger partial charge in [-0.3, -0.25) is 9.69 Å². The molecule has 3 fully saturated rings. The van der Waals surface area contributed by atoms with Gasteiger partial charge in [-0.1, -0.05) is 5.16 Å². The Labute approximate surface area is 221 Å². The first-order valence-corrected chi connectivity index (χ1v) is 13.3. The topological polar surface area (TPSA) is 77.8 Å². The lowest BCUT2D eigenvalue weighted by molar-refractivity contribution is -0.150. The number of anilines is 1. The highest BCUT2D eigenvalue weighted by molar-refractivity contribution is 5.85. The van der Waals surface area contributed by atoms with Crippen LogP contribution in [0.1, 0.15) is 56.1 Å². The van der Waals surface area contributed by atoms with Crippen LogP contribution in [0.3, 0.4) is 0 Å². The maximum Gasteiger partial charge on any atom is 0.309 e. The normalized spacial score (nSPS) is 25.2. The van der Waals surface area contributed by atoms with Gasteiger partial charge in [0.1, 0.15) is 11.6 Å². The van der Waals surface area contributed by atoms with Crippen LogP contribution in [0.5, 0.6) is 5.75 Å². The molecule has 1 N–H and O–H groups in total. The number of hydrogen-bond acceptors (Lipinski definition) is 7. The number of ether oxygens (including phenoxy) is 1. The van der Waals surface area contributed by atoms with Crippen molar-refractivity contribution in [3.8, 4) is 5.75 Å². The number of carbonyl (C=O) groups is 1. The molecule has 0 atom stereocenters. The minimum Gasteiger partial charge on any atom is -0.496 e. The summed E-state index contributed by atoms with van der Waals surface area (Å²) in [4.78, 5) is 23.7. The number of carboxylic acid groups (broad SMARTS) is 1. The molecule has 0 aromatic heterocycles. The van der Waals surface area contributed by atoms with Gasteiger partial charge in [-0.25, -0.2) is 0 Å². The first-order chi connectivity index (χ1) is 18.1. The van der Waals surface area contributed by atoms with Crippen LogP contribution in [0, 0.1) is 5.41 Å². The van der Waals surface area contributed by atoms with Crippen LogP contribution in [0.15, 0.2) is 41.8 Å². The smallest absolute Gasteiger partial charge is 0.309 e. The first kappa shape index (κ1) is 25.2. The van der Waals surface area contributed by atoms with E-state index in [1.165, 1.54) is 12.4 Å². The van der Waals surface area contributed by atoms with E-state index < -0.39 is 17.3 Å². The molecule has 2 saturated heterocycles. The third-order valence-corrected chi connectivity index (χ3v) is 8.63. The van der Waals surface area contributed by atoms with Gasteiger partial charge in [-0.05, 0) is 50.2 Å². The molecule has 1 saturated carbocycles. The predicted octanol–water partition coefficient (Wildman–Crippen LogP) is 4.53. The van der Waals surface area contributed by atoms with Gasteiger partial charge in [0.15, 0.2) is 5.60 Å². The lowest BCUT2D eigenvalue weighted by Crippen LogP contribution is -2.61. The van der Waals surface area contributed by atoms with Gasteiger partial charge in [-0.2, -0.15) is 8.78 Å². The van der Waals surface area contributed by atoms with Crippen molar-refractivity contribution in [1.29, 1.82) is 0 Å². The Morgan fingerprint density at radius 3 is 2.47 bits per heavy atom. The molecule has 6 rings (SSSR count). The second-order valence-electron chi connectivity index (χ2n) is 11.7. The van der Waals surface area contributed by atoms with Gasteiger partial charge in [0.25, 0.3) is 5.92 Å². The summed E-state index contributed by atoms with van der Waals surface area (Å²) in [6.07, 6.45) is 8.81. The van der Waals surface area contributed by atoms with Crippen LogP contribution in [0.2, 0.25) is 0 Å². The molecule has 1 aromatic rings. The fraction of sp³-hybridized carbons (Fsp3) is 0.571. The number of alkyl halides is 2. The molecule has 204 valence electrons. The zero-order chi connectivity index (χ0) is 26.7. The van der Waals surface area contributed by atoms with E-state index in [0.717, 1.165) is 72.9 Å². The maximum absolute atomic E-state index is 13.6. The molecule has 0 bridgehead atoms.